The Bertz CT molecular complexity index is 1430. The van der Waals surface area contributed by atoms with Gasteiger partial charge in [-0.05, 0) is 44.0 Å². The molecule has 1 saturated heterocycles. The van der Waals surface area contributed by atoms with E-state index in [2.05, 4.69) is 20.2 Å². The van der Waals surface area contributed by atoms with Gasteiger partial charge in [-0.25, -0.2) is 4.98 Å². The maximum atomic E-state index is 13.1. The number of thiazole rings is 1. The van der Waals surface area contributed by atoms with Crippen LogP contribution >= 0.6 is 23.1 Å². The van der Waals surface area contributed by atoms with Crippen molar-refractivity contribution >= 4 is 35.0 Å². The molecular weight excluding hydrogens is 536 g/mol. The van der Waals surface area contributed by atoms with Crippen molar-refractivity contribution in [2.75, 3.05) is 26.8 Å². The van der Waals surface area contributed by atoms with Gasteiger partial charge < -0.3 is 14.4 Å². The molecule has 12 heteroatoms. The summed E-state index contributed by atoms with van der Waals surface area (Å²) in [5.41, 5.74) is 2.12. The molecule has 0 aliphatic carbocycles. The summed E-state index contributed by atoms with van der Waals surface area (Å²) in [6, 6.07) is 11.5. The molecule has 0 spiro atoms. The number of pyridine rings is 1. The molecule has 1 aromatic carbocycles. The first-order valence-electron chi connectivity index (χ1n) is 12.6. The third kappa shape index (κ3) is 5.96. The lowest BCUT2D eigenvalue weighted by atomic mass is 9.97. The number of carbonyl (C=O) groups is 2. The van der Waals surface area contributed by atoms with E-state index in [-0.39, 0.29) is 17.8 Å². The average Bonchev–Trinajstić information content (AvgIpc) is 3.64. The van der Waals surface area contributed by atoms with Gasteiger partial charge in [0, 0.05) is 36.4 Å². The van der Waals surface area contributed by atoms with Crippen LogP contribution in [0, 0.1) is 5.92 Å². The maximum Gasteiger partial charge on any atom is 0.309 e. The van der Waals surface area contributed by atoms with Crippen molar-refractivity contribution in [3.63, 3.8) is 0 Å². The normalized spacial score (nSPS) is 13.8. The summed E-state index contributed by atoms with van der Waals surface area (Å²) in [6.45, 7) is 3.21. The van der Waals surface area contributed by atoms with Gasteiger partial charge in [-0.2, -0.15) is 0 Å². The van der Waals surface area contributed by atoms with Gasteiger partial charge in [-0.3, -0.25) is 19.1 Å². The number of esters is 1. The number of piperidine rings is 1. The van der Waals surface area contributed by atoms with E-state index in [1.165, 1.54) is 23.1 Å². The summed E-state index contributed by atoms with van der Waals surface area (Å²) in [6.07, 6.45) is 4.65. The molecule has 10 nitrogen and oxygen atoms in total. The van der Waals surface area contributed by atoms with E-state index in [1.807, 2.05) is 41.0 Å². The Hall–Kier alpha value is -3.77. The molecule has 0 unspecified atom stereocenters. The fourth-order valence-electron chi connectivity index (χ4n) is 4.43. The van der Waals surface area contributed by atoms with Crippen LogP contribution in [0.15, 0.2) is 59.3 Å². The quantitative estimate of drug-likeness (QED) is 0.214. The number of ether oxygens (including phenoxy) is 2. The summed E-state index contributed by atoms with van der Waals surface area (Å²) >= 11 is 2.93. The van der Waals surface area contributed by atoms with E-state index in [9.17, 15) is 9.59 Å². The zero-order valence-corrected chi connectivity index (χ0v) is 23.3. The van der Waals surface area contributed by atoms with Gasteiger partial charge in [-0.15, -0.1) is 21.5 Å². The van der Waals surface area contributed by atoms with Crippen LogP contribution in [0.25, 0.3) is 17.1 Å². The van der Waals surface area contributed by atoms with Crippen LogP contribution in [0.4, 0.5) is 0 Å². The highest BCUT2D eigenvalue weighted by molar-refractivity contribution is 7.98. The Balaban J connectivity index is 1.30. The lowest BCUT2D eigenvalue weighted by Gasteiger charge is -2.30. The minimum atomic E-state index is -0.175. The van der Waals surface area contributed by atoms with E-state index in [4.69, 9.17) is 9.47 Å². The monoisotopic (exact) mass is 564 g/mol. The van der Waals surface area contributed by atoms with Gasteiger partial charge in [0.05, 0.1) is 31.1 Å². The Kier molecular flexibility index (Phi) is 8.52. The predicted molar refractivity (Wildman–Crippen MR) is 148 cm³/mol. The average molecular weight is 565 g/mol. The van der Waals surface area contributed by atoms with Crippen LogP contribution in [0.5, 0.6) is 5.75 Å². The second-order valence-corrected chi connectivity index (χ2v) is 10.7. The van der Waals surface area contributed by atoms with Crippen molar-refractivity contribution in [2.24, 2.45) is 5.92 Å². The predicted octanol–water partition coefficient (Wildman–Crippen LogP) is 4.50. The Morgan fingerprint density at radius 1 is 1.10 bits per heavy atom. The van der Waals surface area contributed by atoms with Crippen LogP contribution in [-0.2, 0) is 15.3 Å². The molecule has 3 aromatic heterocycles. The smallest absolute Gasteiger partial charge is 0.309 e. The van der Waals surface area contributed by atoms with Crippen LogP contribution in [0.2, 0.25) is 0 Å². The lowest BCUT2D eigenvalue weighted by Crippen LogP contribution is -2.40. The molecule has 0 bridgehead atoms. The first-order chi connectivity index (χ1) is 19.1. The van der Waals surface area contributed by atoms with E-state index >= 15 is 0 Å². The summed E-state index contributed by atoms with van der Waals surface area (Å²) in [5.74, 6) is 1.46. The molecule has 1 fully saturated rings. The van der Waals surface area contributed by atoms with Crippen LogP contribution < -0.4 is 4.74 Å². The Morgan fingerprint density at radius 3 is 2.62 bits per heavy atom. The van der Waals surface area contributed by atoms with Crippen molar-refractivity contribution in [3.05, 3.63) is 64.9 Å². The lowest BCUT2D eigenvalue weighted by molar-refractivity contribution is -0.149. The fraction of sp³-hybridized carbons (Fsp3) is 0.333. The molecule has 202 valence electrons. The zero-order chi connectivity index (χ0) is 27.2. The van der Waals surface area contributed by atoms with Crippen LogP contribution in [0.3, 0.4) is 0 Å². The molecule has 0 radical (unpaired) electrons. The number of likely N-dealkylation sites (tertiary alicyclic amines) is 1. The molecule has 4 heterocycles. The molecule has 1 amide bonds. The van der Waals surface area contributed by atoms with Gasteiger partial charge >= 0.3 is 5.97 Å². The number of nitrogens with zero attached hydrogens (tertiary/aromatic N) is 6. The maximum absolute atomic E-state index is 13.1. The SMILES string of the molecule is CCOC(=O)C1CCN(C(=O)c2csc(CSc3nnc(-c4ccncc4)n3-c3ccccc3OC)n2)CC1. The fourth-order valence-corrected chi connectivity index (χ4v) is 6.16. The zero-order valence-electron chi connectivity index (χ0n) is 21.6. The van der Waals surface area contributed by atoms with E-state index in [0.29, 0.717) is 60.7 Å². The second kappa shape index (κ2) is 12.4. The molecule has 0 saturated carbocycles. The van der Waals surface area contributed by atoms with Crippen LogP contribution in [-0.4, -0.2) is 68.3 Å². The summed E-state index contributed by atoms with van der Waals surface area (Å²) in [7, 11) is 1.63. The number of aromatic nitrogens is 5. The summed E-state index contributed by atoms with van der Waals surface area (Å²) in [5, 5.41) is 12.2. The number of rotatable bonds is 9. The van der Waals surface area contributed by atoms with Gasteiger partial charge in [0.15, 0.2) is 11.0 Å². The number of carbonyl (C=O) groups excluding carboxylic acids is 2. The Labute approximate surface area is 234 Å². The molecule has 1 aliphatic heterocycles. The highest BCUT2D eigenvalue weighted by atomic mass is 32.2. The van der Waals surface area contributed by atoms with Crippen molar-refractivity contribution in [3.8, 4) is 22.8 Å². The van der Waals surface area contributed by atoms with E-state index < -0.39 is 0 Å². The second-order valence-electron chi connectivity index (χ2n) is 8.78. The number of para-hydroxylation sites is 2. The topological polar surface area (TPSA) is 112 Å². The summed E-state index contributed by atoms with van der Waals surface area (Å²) < 4.78 is 12.7. The van der Waals surface area contributed by atoms with E-state index in [1.54, 1.807) is 36.7 Å². The first kappa shape index (κ1) is 26.8. The molecule has 1 aliphatic rings. The van der Waals surface area contributed by atoms with Gasteiger partial charge in [0.1, 0.15) is 16.5 Å². The number of hydrogen-bond donors (Lipinski definition) is 0. The van der Waals surface area contributed by atoms with Crippen molar-refractivity contribution in [1.82, 2.24) is 29.6 Å². The summed E-state index contributed by atoms with van der Waals surface area (Å²) in [4.78, 5) is 35.6. The molecule has 39 heavy (non-hydrogen) atoms. The molecule has 5 rings (SSSR count). The van der Waals surface area contributed by atoms with Crippen molar-refractivity contribution in [1.29, 1.82) is 0 Å². The molecule has 4 aromatic rings. The van der Waals surface area contributed by atoms with Crippen LogP contribution in [0.1, 0.15) is 35.3 Å². The largest absolute Gasteiger partial charge is 0.495 e. The van der Waals surface area contributed by atoms with Crippen molar-refractivity contribution in [2.45, 2.75) is 30.7 Å². The highest BCUT2D eigenvalue weighted by Gasteiger charge is 2.29. The molecule has 0 atom stereocenters. The van der Waals surface area contributed by atoms with E-state index in [0.717, 1.165) is 16.3 Å². The minimum Gasteiger partial charge on any atom is -0.495 e. The molecule has 0 N–H and O–H groups in total. The standard InChI is InChI=1S/C27H28N6O4S2/c1-3-37-26(35)19-10-14-32(15-11-19)25(34)20-16-38-23(29-20)17-39-27-31-30-24(18-8-12-28-13-9-18)33(27)21-6-4-5-7-22(21)36-2/h4-9,12-13,16,19H,3,10-11,14-15,17H2,1-2H3. The number of benzene rings is 1. The first-order valence-corrected chi connectivity index (χ1v) is 14.5. The van der Waals surface area contributed by atoms with Crippen molar-refractivity contribution < 1.29 is 19.1 Å². The van der Waals surface area contributed by atoms with Gasteiger partial charge in [0.2, 0.25) is 0 Å². The molecular formula is C27H28N6O4S2. The third-order valence-corrected chi connectivity index (χ3v) is 8.37. The van der Waals surface area contributed by atoms with Gasteiger partial charge in [-0.1, -0.05) is 23.9 Å². The minimum absolute atomic E-state index is 0.109. The third-order valence-electron chi connectivity index (χ3n) is 6.40. The highest BCUT2D eigenvalue weighted by Crippen LogP contribution is 2.34. The number of thioether (sulfide) groups is 1. The Morgan fingerprint density at radius 2 is 1.87 bits per heavy atom. The number of methoxy groups -OCH3 is 1. The van der Waals surface area contributed by atoms with Gasteiger partial charge in [0.25, 0.3) is 5.91 Å². The number of hydrogen-bond acceptors (Lipinski definition) is 10. The number of amides is 1.